The summed E-state index contributed by atoms with van der Waals surface area (Å²) in [6.07, 6.45) is 3.82. The van der Waals surface area contributed by atoms with Crippen LogP contribution in [-0.2, 0) is 0 Å². The number of carbonyl (C=O) groups is 2. The number of amides is 2. The molecule has 7 nitrogen and oxygen atoms in total. The van der Waals surface area contributed by atoms with E-state index in [2.05, 4.69) is 34.3 Å². The van der Waals surface area contributed by atoms with E-state index < -0.39 is 0 Å². The van der Waals surface area contributed by atoms with Gasteiger partial charge in [-0.2, -0.15) is 0 Å². The molecule has 2 aliphatic rings. The van der Waals surface area contributed by atoms with Gasteiger partial charge in [0.05, 0.1) is 21.6 Å². The van der Waals surface area contributed by atoms with Crippen LogP contribution in [-0.4, -0.2) is 49.7 Å². The van der Waals surface area contributed by atoms with Crippen LogP contribution in [0, 0.1) is 26.7 Å². The first-order chi connectivity index (χ1) is 16.4. The molecule has 0 radical (unpaired) electrons. The molecule has 174 valence electrons. The summed E-state index contributed by atoms with van der Waals surface area (Å²) in [5, 5.41) is 5.88. The third-order valence-corrected chi connectivity index (χ3v) is 8.59. The predicted molar refractivity (Wildman–Crippen MR) is 134 cm³/mol. The molecule has 0 bridgehead atoms. The Kier molecular flexibility index (Phi) is 5.07. The molecule has 4 aromatic rings. The molecule has 1 saturated heterocycles. The van der Waals surface area contributed by atoms with Crippen molar-refractivity contribution in [1.29, 1.82) is 0 Å². The number of benzene rings is 1. The molecular weight excluding hydrogens is 466 g/mol. The van der Waals surface area contributed by atoms with E-state index in [0.717, 1.165) is 38.8 Å². The minimum atomic E-state index is -0.152. The molecule has 3 aromatic heterocycles. The number of carbonyl (C=O) groups excluding carboxylic acids is 2. The molecule has 34 heavy (non-hydrogen) atoms. The zero-order chi connectivity index (χ0) is 23.6. The average Bonchev–Trinajstić information content (AvgIpc) is 3.16. The fraction of sp³-hybridized carbons (Fsp3) is 0.360. The van der Waals surface area contributed by atoms with Gasteiger partial charge in [0.1, 0.15) is 11.4 Å². The normalized spacial score (nSPS) is 21.1. The van der Waals surface area contributed by atoms with Gasteiger partial charge in [0, 0.05) is 24.2 Å². The van der Waals surface area contributed by atoms with Gasteiger partial charge in [-0.25, -0.2) is 9.97 Å². The highest BCUT2D eigenvalue weighted by Crippen LogP contribution is 2.48. The lowest BCUT2D eigenvalue weighted by atomic mass is 10.1. The number of likely N-dealkylation sites (tertiary alicyclic amines) is 1. The van der Waals surface area contributed by atoms with E-state index >= 15 is 0 Å². The number of hydrogen-bond acceptors (Lipinski definition) is 6. The van der Waals surface area contributed by atoms with Crippen molar-refractivity contribution >= 4 is 39.4 Å². The molecule has 1 aliphatic carbocycles. The van der Waals surface area contributed by atoms with Crippen LogP contribution >= 0.6 is 22.7 Å². The van der Waals surface area contributed by atoms with Gasteiger partial charge in [0.25, 0.3) is 11.8 Å². The van der Waals surface area contributed by atoms with Crippen molar-refractivity contribution in [2.75, 3.05) is 6.54 Å². The largest absolute Gasteiger partial charge is 0.349 e. The Labute approximate surface area is 205 Å². The summed E-state index contributed by atoms with van der Waals surface area (Å²) < 4.78 is 1.83. The average molecular weight is 492 g/mol. The molecule has 2 unspecified atom stereocenters. The van der Waals surface area contributed by atoms with Gasteiger partial charge in [-0.1, -0.05) is 29.8 Å². The van der Waals surface area contributed by atoms with Crippen molar-refractivity contribution < 1.29 is 9.59 Å². The maximum atomic E-state index is 13.8. The molecule has 1 saturated carbocycles. The summed E-state index contributed by atoms with van der Waals surface area (Å²) in [6, 6.07) is 8.43. The van der Waals surface area contributed by atoms with Gasteiger partial charge < -0.3 is 10.2 Å². The van der Waals surface area contributed by atoms with E-state index in [9.17, 15) is 9.59 Å². The van der Waals surface area contributed by atoms with E-state index in [1.54, 1.807) is 11.3 Å². The van der Waals surface area contributed by atoms with Gasteiger partial charge in [-0.3, -0.25) is 14.0 Å². The topological polar surface area (TPSA) is 79.6 Å². The second-order valence-corrected chi connectivity index (χ2v) is 11.3. The van der Waals surface area contributed by atoms with Gasteiger partial charge >= 0.3 is 0 Å². The summed E-state index contributed by atoms with van der Waals surface area (Å²) in [4.78, 5) is 39.7. The highest BCUT2D eigenvalue weighted by atomic mass is 32.1. The lowest BCUT2D eigenvalue weighted by Crippen LogP contribution is -2.45. The zero-order valence-corrected chi connectivity index (χ0v) is 20.9. The van der Waals surface area contributed by atoms with Crippen molar-refractivity contribution in [1.82, 2.24) is 24.6 Å². The van der Waals surface area contributed by atoms with Crippen LogP contribution in [0.25, 0.3) is 15.4 Å². The summed E-state index contributed by atoms with van der Waals surface area (Å²) >= 11 is 3.07. The molecule has 9 heteroatoms. The van der Waals surface area contributed by atoms with E-state index in [4.69, 9.17) is 0 Å². The minimum Gasteiger partial charge on any atom is -0.349 e. The standard InChI is InChI=1S/C25H25N5O2S2/c1-13-5-4-6-16(9-13)22-20(28-15(3)34-22)24(32)30-18(10-17-11-19(17)30)12-26-23(31)21-14(2)27-25-29(21)7-8-33-25/h4-9,17-19H,10-12H2,1-3H3,(H,26,31)/t17?,18-,19?/m0/s1. The number of aromatic nitrogens is 3. The van der Waals surface area contributed by atoms with E-state index in [1.165, 1.54) is 11.3 Å². The molecule has 3 atom stereocenters. The Hall–Kier alpha value is -3.04. The Bertz CT molecular complexity index is 1430. The molecular formula is C25H25N5O2S2. The van der Waals surface area contributed by atoms with Gasteiger partial charge in [-0.05, 0) is 45.1 Å². The zero-order valence-electron chi connectivity index (χ0n) is 19.2. The number of hydrogen-bond donors (Lipinski definition) is 1. The van der Waals surface area contributed by atoms with E-state index in [-0.39, 0.29) is 23.9 Å². The maximum absolute atomic E-state index is 13.8. The Morgan fingerprint density at radius 3 is 2.85 bits per heavy atom. The predicted octanol–water partition coefficient (Wildman–Crippen LogP) is 4.48. The molecule has 6 rings (SSSR count). The third-order valence-electron chi connectivity index (χ3n) is 6.81. The summed E-state index contributed by atoms with van der Waals surface area (Å²) in [5.74, 6) is 0.348. The summed E-state index contributed by atoms with van der Waals surface area (Å²) in [7, 11) is 0. The number of nitrogens with zero attached hydrogens (tertiary/aromatic N) is 4. The van der Waals surface area contributed by atoms with Crippen molar-refractivity contribution in [3.8, 4) is 10.4 Å². The van der Waals surface area contributed by atoms with Crippen LogP contribution < -0.4 is 5.32 Å². The number of nitrogens with one attached hydrogen (secondary N) is 1. The lowest BCUT2D eigenvalue weighted by Gasteiger charge is -2.27. The molecule has 0 spiro atoms. The molecule has 2 amide bonds. The number of imidazole rings is 1. The summed E-state index contributed by atoms with van der Waals surface area (Å²) in [6.45, 7) is 6.28. The SMILES string of the molecule is Cc1cccc(-c2sc(C)nc2C(=O)N2C3CC3C[C@H]2CNC(=O)c2c(C)nc3sccn23)c1. The van der Waals surface area contributed by atoms with Gasteiger partial charge in [-0.15, -0.1) is 22.7 Å². The molecule has 1 aliphatic heterocycles. The van der Waals surface area contributed by atoms with Crippen LogP contribution in [0.2, 0.25) is 0 Å². The first kappa shape index (κ1) is 21.5. The maximum Gasteiger partial charge on any atom is 0.274 e. The monoisotopic (exact) mass is 491 g/mol. The Morgan fingerprint density at radius 2 is 2.03 bits per heavy atom. The van der Waals surface area contributed by atoms with Crippen molar-refractivity contribution in [2.45, 2.75) is 45.7 Å². The van der Waals surface area contributed by atoms with Crippen LogP contribution in [0.4, 0.5) is 0 Å². The minimum absolute atomic E-state index is 0.0223. The fourth-order valence-electron chi connectivity index (χ4n) is 5.20. The van der Waals surface area contributed by atoms with Crippen LogP contribution in [0.5, 0.6) is 0 Å². The molecule has 1 aromatic carbocycles. The van der Waals surface area contributed by atoms with E-state index in [1.807, 2.05) is 46.9 Å². The molecule has 4 heterocycles. The number of aryl methyl sites for hydroxylation is 3. The Morgan fingerprint density at radius 1 is 1.18 bits per heavy atom. The van der Waals surface area contributed by atoms with E-state index in [0.29, 0.717) is 29.5 Å². The fourth-order valence-corrected chi connectivity index (χ4v) is 6.86. The summed E-state index contributed by atoms with van der Waals surface area (Å²) in [5.41, 5.74) is 3.99. The van der Waals surface area contributed by atoms with Crippen LogP contribution in [0.3, 0.4) is 0 Å². The molecule has 1 N–H and O–H groups in total. The first-order valence-corrected chi connectivity index (χ1v) is 13.2. The number of fused-ring (bicyclic) bond motifs is 2. The molecule has 2 fully saturated rings. The van der Waals surface area contributed by atoms with Gasteiger partial charge in [0.2, 0.25) is 0 Å². The van der Waals surface area contributed by atoms with Crippen LogP contribution in [0.1, 0.15) is 50.1 Å². The Balaban J connectivity index is 1.24. The van der Waals surface area contributed by atoms with Crippen LogP contribution in [0.15, 0.2) is 35.8 Å². The second-order valence-electron chi connectivity index (χ2n) is 9.26. The number of thiazole rings is 2. The van der Waals surface area contributed by atoms with Crippen molar-refractivity contribution in [2.24, 2.45) is 5.92 Å². The number of piperidine rings is 1. The van der Waals surface area contributed by atoms with Gasteiger partial charge in [0.15, 0.2) is 4.96 Å². The third kappa shape index (κ3) is 3.54. The second kappa shape index (κ2) is 8.02. The first-order valence-electron chi connectivity index (χ1n) is 11.5. The quantitative estimate of drug-likeness (QED) is 0.447. The number of rotatable bonds is 5. The highest BCUT2D eigenvalue weighted by molar-refractivity contribution is 7.15. The van der Waals surface area contributed by atoms with Crippen molar-refractivity contribution in [3.63, 3.8) is 0 Å². The van der Waals surface area contributed by atoms with Crippen molar-refractivity contribution in [3.05, 3.63) is 63.5 Å². The highest BCUT2D eigenvalue weighted by Gasteiger charge is 2.54. The smallest absolute Gasteiger partial charge is 0.274 e. The lowest BCUT2D eigenvalue weighted by molar-refractivity contribution is 0.0684.